The van der Waals surface area contributed by atoms with Gasteiger partial charge in [-0.1, -0.05) is 60.1 Å². The molecule has 0 saturated heterocycles. The lowest BCUT2D eigenvalue weighted by Crippen LogP contribution is -2.51. The fraction of sp³-hybridized carbons (Fsp3) is 0.143. The number of carboxylic acid groups (broad SMARTS) is 2. The fourth-order valence-electron chi connectivity index (χ4n) is 4.26. The van der Waals surface area contributed by atoms with Crippen LogP contribution < -0.4 is 14.9 Å². The Morgan fingerprint density at radius 2 is 1.70 bits per heavy atom. The molecule has 13 nitrogen and oxygen atoms in total. The summed E-state index contributed by atoms with van der Waals surface area (Å²) in [5.41, 5.74) is 0.981. The molecule has 0 spiro atoms. The highest BCUT2D eigenvalue weighted by Gasteiger charge is 2.36. The Morgan fingerprint density at radius 3 is 2.33 bits per heavy atom. The molecule has 0 aliphatic carbocycles. The minimum Gasteiger partial charge on any atom is -0.481 e. The molecule has 4 rings (SSSR count). The Balaban J connectivity index is 1.78. The Kier molecular flexibility index (Phi) is 9.34. The van der Waals surface area contributed by atoms with Crippen molar-refractivity contribution in [2.75, 3.05) is 11.4 Å². The van der Waals surface area contributed by atoms with Gasteiger partial charge in [-0.05, 0) is 24.3 Å². The van der Waals surface area contributed by atoms with Crippen molar-refractivity contribution >= 4 is 63.1 Å². The summed E-state index contributed by atoms with van der Waals surface area (Å²) < 4.78 is 29.0. The normalized spacial score (nSPS) is 15.5. The van der Waals surface area contributed by atoms with Gasteiger partial charge in [-0.2, -0.15) is 4.72 Å². The zero-order valence-corrected chi connectivity index (χ0v) is 23.6. The number of hydrogen-bond donors (Lipinski definition) is 4. The lowest BCUT2D eigenvalue weighted by atomic mass is 10.0. The van der Waals surface area contributed by atoms with Crippen LogP contribution in [0.25, 0.3) is 0 Å². The average Bonchev–Trinajstić information content (AvgIpc) is 3.07. The number of aliphatic imine (C=N–C) groups is 1. The lowest BCUT2D eigenvalue weighted by molar-refractivity contribution is -0.138. The molecule has 222 valence electrons. The van der Waals surface area contributed by atoms with Gasteiger partial charge in [0.05, 0.1) is 39.3 Å². The van der Waals surface area contributed by atoms with Crippen molar-refractivity contribution in [2.24, 2.45) is 4.99 Å². The molecule has 1 heterocycles. The fourth-order valence-corrected chi connectivity index (χ4v) is 5.69. The number of aliphatic carboxylic acids is 1. The number of sulfonamides is 1. The summed E-state index contributed by atoms with van der Waals surface area (Å²) >= 11 is 5.98. The van der Waals surface area contributed by atoms with E-state index in [1.807, 2.05) is 0 Å². The number of amides is 2. The van der Waals surface area contributed by atoms with Crippen molar-refractivity contribution in [2.45, 2.75) is 23.5 Å². The zero-order chi connectivity index (χ0) is 31.3. The highest BCUT2D eigenvalue weighted by Crippen LogP contribution is 2.29. The number of carbonyl (C=O) groups excluding carboxylic acids is 3. The molecule has 0 bridgehead atoms. The third kappa shape index (κ3) is 7.12. The maximum Gasteiger partial charge on any atom is 0.337 e. The van der Waals surface area contributed by atoms with Crippen molar-refractivity contribution in [3.63, 3.8) is 0 Å². The summed E-state index contributed by atoms with van der Waals surface area (Å²) in [4.78, 5) is 65.5. The first kappa shape index (κ1) is 31.0. The first-order chi connectivity index (χ1) is 20.4. The van der Waals surface area contributed by atoms with E-state index in [0.29, 0.717) is 11.1 Å². The molecule has 2 atom stereocenters. The number of hydrogen-bond acceptors (Lipinski definition) is 8. The number of carbonyl (C=O) groups is 5. The first-order valence-corrected chi connectivity index (χ1v) is 14.3. The SMILES string of the molecule is O=C[C@H](CC(=O)O)NC(=O)CN1C(=O)C(NS(=O)(=O)c2ccc(C(=O)O)c(Cl)c2)N=C(c2ccccc2)c2ccccc21. The number of benzene rings is 3. The standard InChI is InChI=1S/C28H23ClN4O9S/c29-21-13-18(10-11-19(21)28(39)40)43(41,42)32-26-27(38)33(14-23(35)30-17(15-34)12-24(36)37)22-9-5-4-8-20(22)25(31-26)16-6-2-1-3-7-16/h1-11,13,15,17,26,32H,12,14H2,(H,30,35)(H,36,37)(H,39,40)/t17-,26?/m0/s1. The van der Waals surface area contributed by atoms with E-state index in [9.17, 15) is 37.5 Å². The van der Waals surface area contributed by atoms with Gasteiger partial charge in [0.2, 0.25) is 15.9 Å². The zero-order valence-electron chi connectivity index (χ0n) is 22.0. The van der Waals surface area contributed by atoms with Crippen molar-refractivity contribution in [3.05, 3.63) is 94.5 Å². The number of aromatic carboxylic acids is 1. The van der Waals surface area contributed by atoms with Crippen molar-refractivity contribution in [1.82, 2.24) is 10.0 Å². The van der Waals surface area contributed by atoms with Gasteiger partial charge >= 0.3 is 11.9 Å². The molecule has 0 aromatic heterocycles. The topological polar surface area (TPSA) is 200 Å². The molecule has 15 heteroatoms. The van der Waals surface area contributed by atoms with E-state index < -0.39 is 63.8 Å². The Hall–Kier alpha value is -4.92. The second kappa shape index (κ2) is 12.9. The second-order valence-corrected chi connectivity index (χ2v) is 11.3. The smallest absolute Gasteiger partial charge is 0.337 e. The molecule has 4 N–H and O–H groups in total. The van der Waals surface area contributed by atoms with Crippen LogP contribution in [-0.4, -0.2) is 73.1 Å². The first-order valence-electron chi connectivity index (χ1n) is 12.5. The lowest BCUT2D eigenvalue weighted by Gasteiger charge is -2.25. The minimum absolute atomic E-state index is 0.196. The van der Waals surface area contributed by atoms with E-state index in [1.165, 1.54) is 6.07 Å². The molecular weight excluding hydrogens is 604 g/mol. The summed E-state index contributed by atoms with van der Waals surface area (Å²) in [7, 11) is -4.55. The van der Waals surface area contributed by atoms with E-state index in [4.69, 9.17) is 16.7 Å². The molecule has 1 unspecified atom stereocenters. The summed E-state index contributed by atoms with van der Waals surface area (Å²) in [6.07, 6.45) is -2.26. The maximum atomic E-state index is 13.9. The largest absolute Gasteiger partial charge is 0.481 e. The molecule has 0 fully saturated rings. The van der Waals surface area contributed by atoms with Crippen LogP contribution in [0.4, 0.5) is 5.69 Å². The number of nitrogens with zero attached hydrogens (tertiary/aromatic N) is 2. The van der Waals surface area contributed by atoms with Crippen molar-refractivity contribution in [3.8, 4) is 0 Å². The molecule has 1 aliphatic heterocycles. The predicted molar refractivity (Wildman–Crippen MR) is 154 cm³/mol. The molecule has 3 aromatic carbocycles. The van der Waals surface area contributed by atoms with Crippen LogP contribution in [0.2, 0.25) is 5.02 Å². The van der Waals surface area contributed by atoms with Crippen LogP contribution in [0.15, 0.2) is 82.7 Å². The van der Waals surface area contributed by atoms with Gasteiger partial charge in [0, 0.05) is 11.1 Å². The molecular formula is C28H23ClN4O9S. The molecule has 1 aliphatic rings. The monoisotopic (exact) mass is 626 g/mol. The van der Waals surface area contributed by atoms with E-state index >= 15 is 0 Å². The summed E-state index contributed by atoms with van der Waals surface area (Å²) in [6.45, 7) is -0.714. The number of fused-ring (bicyclic) bond motifs is 1. The van der Waals surface area contributed by atoms with Crippen LogP contribution >= 0.6 is 11.6 Å². The number of anilines is 1. The van der Waals surface area contributed by atoms with Gasteiger partial charge in [-0.3, -0.25) is 24.3 Å². The van der Waals surface area contributed by atoms with Crippen LogP contribution in [0.3, 0.4) is 0 Å². The van der Waals surface area contributed by atoms with Crippen LogP contribution in [-0.2, 0) is 29.2 Å². The third-order valence-corrected chi connectivity index (χ3v) is 7.93. The third-order valence-electron chi connectivity index (χ3n) is 6.21. The Bertz CT molecular complexity index is 1750. The summed E-state index contributed by atoms with van der Waals surface area (Å²) in [5, 5.41) is 20.1. The Morgan fingerprint density at radius 1 is 1.02 bits per heavy atom. The van der Waals surface area contributed by atoms with Crippen molar-refractivity contribution in [1.29, 1.82) is 0 Å². The van der Waals surface area contributed by atoms with E-state index in [-0.39, 0.29) is 28.3 Å². The number of nitrogens with one attached hydrogen (secondary N) is 2. The average molecular weight is 627 g/mol. The number of rotatable bonds is 11. The number of para-hydroxylation sites is 1. The van der Waals surface area contributed by atoms with E-state index in [0.717, 1.165) is 23.1 Å². The number of halogens is 1. The Labute approximate surface area is 249 Å². The molecule has 0 radical (unpaired) electrons. The van der Waals surface area contributed by atoms with Gasteiger partial charge in [0.1, 0.15) is 12.8 Å². The quantitative estimate of drug-likeness (QED) is 0.229. The van der Waals surface area contributed by atoms with Gasteiger partial charge in [0.25, 0.3) is 5.91 Å². The van der Waals surface area contributed by atoms with Crippen LogP contribution in [0, 0.1) is 0 Å². The predicted octanol–water partition coefficient (Wildman–Crippen LogP) is 1.69. The van der Waals surface area contributed by atoms with Gasteiger partial charge in [-0.15, -0.1) is 0 Å². The number of carboxylic acids is 2. The number of aldehydes is 1. The summed E-state index contributed by atoms with van der Waals surface area (Å²) in [6, 6.07) is 16.5. The van der Waals surface area contributed by atoms with Crippen LogP contribution in [0.5, 0.6) is 0 Å². The second-order valence-electron chi connectivity index (χ2n) is 9.16. The highest BCUT2D eigenvalue weighted by molar-refractivity contribution is 7.89. The molecule has 0 saturated carbocycles. The molecule has 3 aromatic rings. The number of benzodiazepines with no additional fused rings is 1. The van der Waals surface area contributed by atoms with Crippen molar-refractivity contribution < 1.29 is 42.6 Å². The molecule has 2 amide bonds. The van der Waals surface area contributed by atoms with E-state index in [2.05, 4.69) is 15.0 Å². The van der Waals surface area contributed by atoms with Crippen LogP contribution in [0.1, 0.15) is 27.9 Å². The molecule has 43 heavy (non-hydrogen) atoms. The highest BCUT2D eigenvalue weighted by atomic mass is 35.5. The maximum absolute atomic E-state index is 13.9. The van der Waals surface area contributed by atoms with Gasteiger partial charge < -0.3 is 20.3 Å². The summed E-state index contributed by atoms with van der Waals surface area (Å²) in [5.74, 6) is -4.56. The van der Waals surface area contributed by atoms with Gasteiger partial charge in [-0.25, -0.2) is 13.2 Å². The minimum atomic E-state index is -4.55. The van der Waals surface area contributed by atoms with E-state index in [1.54, 1.807) is 48.5 Å². The van der Waals surface area contributed by atoms with Gasteiger partial charge in [0.15, 0.2) is 6.17 Å².